The Hall–Kier alpha value is -3.15. The van der Waals surface area contributed by atoms with Crippen LogP contribution in [0.2, 0.25) is 0 Å². The Kier molecular flexibility index (Phi) is 3.95. The lowest BCUT2D eigenvalue weighted by molar-refractivity contribution is 0.416. The summed E-state index contributed by atoms with van der Waals surface area (Å²) in [6, 6.07) is 16.1. The Morgan fingerprint density at radius 1 is 1.00 bits per heavy atom. The van der Waals surface area contributed by atoms with Crippen molar-refractivity contribution in [3.63, 3.8) is 0 Å². The smallest absolute Gasteiger partial charge is 0.213 e. The Labute approximate surface area is 152 Å². The maximum Gasteiger partial charge on any atom is 0.213 e. The van der Waals surface area contributed by atoms with Crippen molar-refractivity contribution in [1.82, 2.24) is 19.6 Å². The van der Waals surface area contributed by atoms with Gasteiger partial charge in [-0.2, -0.15) is 0 Å². The molecule has 6 heteroatoms. The summed E-state index contributed by atoms with van der Waals surface area (Å²) in [7, 11) is 3.70. The van der Waals surface area contributed by atoms with Gasteiger partial charge in [0.15, 0.2) is 11.5 Å². The van der Waals surface area contributed by atoms with E-state index >= 15 is 0 Å². The van der Waals surface area contributed by atoms with Crippen molar-refractivity contribution in [2.45, 2.75) is 19.9 Å². The molecule has 0 atom stereocenters. The van der Waals surface area contributed by atoms with Gasteiger partial charge in [-0.05, 0) is 38.1 Å². The second-order valence-electron chi connectivity index (χ2n) is 6.52. The van der Waals surface area contributed by atoms with Gasteiger partial charge in [-0.1, -0.05) is 24.3 Å². The number of ether oxygens (including phenoxy) is 1. The normalized spacial score (nSPS) is 11.4. The van der Waals surface area contributed by atoms with E-state index in [4.69, 9.17) is 9.72 Å². The number of fused-ring (bicyclic) bond motifs is 3. The van der Waals surface area contributed by atoms with Crippen LogP contribution in [0.1, 0.15) is 13.8 Å². The monoisotopic (exact) mass is 347 g/mol. The molecule has 0 bridgehead atoms. The Morgan fingerprint density at radius 2 is 1.73 bits per heavy atom. The van der Waals surface area contributed by atoms with Gasteiger partial charge in [0, 0.05) is 18.5 Å². The highest BCUT2D eigenvalue weighted by atomic mass is 16.5. The molecular formula is C20H21N5O. The first-order valence-corrected chi connectivity index (χ1v) is 8.62. The summed E-state index contributed by atoms with van der Waals surface area (Å²) >= 11 is 0. The van der Waals surface area contributed by atoms with E-state index in [1.165, 1.54) is 0 Å². The van der Waals surface area contributed by atoms with Crippen molar-refractivity contribution in [3.8, 4) is 17.1 Å². The summed E-state index contributed by atoms with van der Waals surface area (Å²) in [5, 5.41) is 9.96. The van der Waals surface area contributed by atoms with Crippen LogP contribution in [0.4, 0.5) is 5.95 Å². The van der Waals surface area contributed by atoms with E-state index in [0.29, 0.717) is 0 Å². The second kappa shape index (κ2) is 6.29. The van der Waals surface area contributed by atoms with Crippen LogP contribution < -0.4 is 9.64 Å². The molecule has 0 aliphatic heterocycles. The highest BCUT2D eigenvalue weighted by Gasteiger charge is 2.21. The quantitative estimate of drug-likeness (QED) is 0.562. The molecule has 0 aliphatic carbocycles. The fraction of sp³-hybridized carbons (Fsp3) is 0.250. The molecule has 0 N–H and O–H groups in total. The highest BCUT2D eigenvalue weighted by molar-refractivity contribution is 5.93. The van der Waals surface area contributed by atoms with Crippen molar-refractivity contribution in [2.24, 2.45) is 0 Å². The molecular weight excluding hydrogens is 326 g/mol. The zero-order chi connectivity index (χ0) is 18.3. The molecule has 0 radical (unpaired) electrons. The van der Waals surface area contributed by atoms with Crippen LogP contribution in [0, 0.1) is 0 Å². The third-order valence-corrected chi connectivity index (χ3v) is 4.67. The van der Waals surface area contributed by atoms with Gasteiger partial charge in [0.1, 0.15) is 5.75 Å². The molecule has 0 spiro atoms. The van der Waals surface area contributed by atoms with E-state index in [0.717, 1.165) is 39.6 Å². The zero-order valence-electron chi connectivity index (χ0n) is 15.3. The van der Waals surface area contributed by atoms with E-state index in [-0.39, 0.29) is 6.04 Å². The van der Waals surface area contributed by atoms with Crippen molar-refractivity contribution >= 4 is 22.5 Å². The Balaban J connectivity index is 2.11. The third kappa shape index (κ3) is 2.45. The lowest BCUT2D eigenvalue weighted by Crippen LogP contribution is -2.28. The van der Waals surface area contributed by atoms with Crippen LogP contribution in [0.3, 0.4) is 0 Å². The molecule has 26 heavy (non-hydrogen) atoms. The predicted octanol–water partition coefficient (Wildman–Crippen LogP) is 3.80. The first-order chi connectivity index (χ1) is 12.6. The minimum absolute atomic E-state index is 0.278. The third-order valence-electron chi connectivity index (χ3n) is 4.67. The van der Waals surface area contributed by atoms with Crippen molar-refractivity contribution in [3.05, 3.63) is 48.5 Å². The number of anilines is 1. The minimum Gasteiger partial charge on any atom is -0.496 e. The van der Waals surface area contributed by atoms with Crippen LogP contribution >= 0.6 is 0 Å². The average molecular weight is 347 g/mol. The zero-order valence-corrected chi connectivity index (χ0v) is 15.3. The summed E-state index contributed by atoms with van der Waals surface area (Å²) in [4.78, 5) is 7.03. The van der Waals surface area contributed by atoms with Gasteiger partial charge in [-0.15, -0.1) is 10.2 Å². The predicted molar refractivity (Wildman–Crippen MR) is 104 cm³/mol. The lowest BCUT2D eigenvalue weighted by atomic mass is 10.2. The van der Waals surface area contributed by atoms with E-state index in [1.807, 2.05) is 60.0 Å². The Morgan fingerprint density at radius 3 is 2.50 bits per heavy atom. The van der Waals surface area contributed by atoms with Crippen molar-refractivity contribution < 1.29 is 4.74 Å². The molecule has 0 saturated carbocycles. The molecule has 0 fully saturated rings. The van der Waals surface area contributed by atoms with Gasteiger partial charge < -0.3 is 9.64 Å². The van der Waals surface area contributed by atoms with E-state index < -0.39 is 0 Å². The maximum absolute atomic E-state index is 5.54. The SMILES string of the molecule is COc1ccccc1-c1nnc2c3ccccc3nc(N(C)C(C)C)n12. The number of aromatic nitrogens is 4. The molecule has 0 amide bonds. The molecule has 2 aromatic carbocycles. The molecule has 4 rings (SSSR count). The van der Waals surface area contributed by atoms with E-state index in [1.54, 1.807) is 7.11 Å². The first kappa shape index (κ1) is 16.3. The average Bonchev–Trinajstić information content (AvgIpc) is 3.12. The van der Waals surface area contributed by atoms with Crippen LogP contribution in [0.15, 0.2) is 48.5 Å². The fourth-order valence-electron chi connectivity index (χ4n) is 3.04. The van der Waals surface area contributed by atoms with Crippen LogP contribution in [0.25, 0.3) is 27.9 Å². The summed E-state index contributed by atoms with van der Waals surface area (Å²) in [5.41, 5.74) is 2.58. The number of para-hydroxylation sites is 2. The number of nitrogens with zero attached hydrogens (tertiary/aromatic N) is 5. The lowest BCUT2D eigenvalue weighted by Gasteiger charge is -2.24. The molecule has 0 saturated heterocycles. The van der Waals surface area contributed by atoms with Gasteiger partial charge in [0.05, 0.1) is 18.2 Å². The van der Waals surface area contributed by atoms with Crippen LogP contribution in [-0.4, -0.2) is 39.8 Å². The molecule has 2 heterocycles. The van der Waals surface area contributed by atoms with E-state index in [9.17, 15) is 0 Å². The topological polar surface area (TPSA) is 55.6 Å². The standard InChI is InChI=1S/C20H21N5O/c1-13(2)24(3)20-21-16-11-7-5-9-14(16)18-22-23-19(25(18)20)15-10-6-8-12-17(15)26-4/h5-13H,1-4H3. The minimum atomic E-state index is 0.278. The van der Waals surface area contributed by atoms with Crippen molar-refractivity contribution in [1.29, 1.82) is 0 Å². The number of hydrogen-bond donors (Lipinski definition) is 0. The van der Waals surface area contributed by atoms with Gasteiger partial charge in [0.2, 0.25) is 5.95 Å². The Bertz CT molecular complexity index is 1090. The van der Waals surface area contributed by atoms with Gasteiger partial charge in [0.25, 0.3) is 0 Å². The molecule has 0 unspecified atom stereocenters. The summed E-state index contributed by atoms with van der Waals surface area (Å²) in [5.74, 6) is 2.28. The summed E-state index contributed by atoms with van der Waals surface area (Å²) in [6.45, 7) is 4.27. The molecule has 2 aromatic heterocycles. The first-order valence-electron chi connectivity index (χ1n) is 8.62. The van der Waals surface area contributed by atoms with Crippen LogP contribution in [0.5, 0.6) is 5.75 Å². The molecule has 6 nitrogen and oxygen atoms in total. The van der Waals surface area contributed by atoms with Crippen molar-refractivity contribution in [2.75, 3.05) is 19.1 Å². The molecule has 0 aliphatic rings. The van der Waals surface area contributed by atoms with E-state index in [2.05, 4.69) is 28.9 Å². The second-order valence-corrected chi connectivity index (χ2v) is 6.52. The highest BCUT2D eigenvalue weighted by Crippen LogP contribution is 2.32. The number of rotatable bonds is 4. The number of hydrogen-bond acceptors (Lipinski definition) is 5. The largest absolute Gasteiger partial charge is 0.496 e. The summed E-state index contributed by atoms with van der Waals surface area (Å²) < 4.78 is 7.55. The van der Waals surface area contributed by atoms with Crippen LogP contribution in [-0.2, 0) is 0 Å². The summed E-state index contributed by atoms with van der Waals surface area (Å²) in [6.07, 6.45) is 0. The fourth-order valence-corrected chi connectivity index (χ4v) is 3.04. The molecule has 4 aromatic rings. The van der Waals surface area contributed by atoms with Gasteiger partial charge in [-0.3, -0.25) is 0 Å². The molecule has 132 valence electrons. The van der Waals surface area contributed by atoms with Gasteiger partial charge >= 0.3 is 0 Å². The number of benzene rings is 2. The maximum atomic E-state index is 5.54. The van der Waals surface area contributed by atoms with Gasteiger partial charge in [-0.25, -0.2) is 9.38 Å². The number of methoxy groups -OCH3 is 1.